The summed E-state index contributed by atoms with van der Waals surface area (Å²) in [6.45, 7) is 6.04. The highest BCUT2D eigenvalue weighted by Crippen LogP contribution is 2.10. The molecule has 0 aromatic carbocycles. The standard InChI is InChI=1S/C14H26O2/c1-12(2)8-5-4-6-10-14(16)11-7-9-13(3)15/h12H,4-11H2,1-3H3. The first-order valence-electron chi connectivity index (χ1n) is 6.53. The van der Waals surface area contributed by atoms with Gasteiger partial charge in [0.15, 0.2) is 0 Å². The third-order valence-electron chi connectivity index (χ3n) is 2.72. The molecule has 16 heavy (non-hydrogen) atoms. The summed E-state index contributed by atoms with van der Waals surface area (Å²) in [4.78, 5) is 22.1. The van der Waals surface area contributed by atoms with E-state index in [4.69, 9.17) is 0 Å². The third-order valence-corrected chi connectivity index (χ3v) is 2.72. The van der Waals surface area contributed by atoms with Crippen molar-refractivity contribution in [1.82, 2.24) is 0 Å². The van der Waals surface area contributed by atoms with Crippen LogP contribution < -0.4 is 0 Å². The Bertz CT molecular complexity index is 207. The van der Waals surface area contributed by atoms with E-state index >= 15 is 0 Å². The second-order valence-electron chi connectivity index (χ2n) is 5.09. The molecule has 0 bridgehead atoms. The van der Waals surface area contributed by atoms with E-state index < -0.39 is 0 Å². The van der Waals surface area contributed by atoms with Crippen molar-refractivity contribution < 1.29 is 9.59 Å². The largest absolute Gasteiger partial charge is 0.300 e. The Morgan fingerprint density at radius 2 is 1.50 bits per heavy atom. The Morgan fingerprint density at radius 3 is 2.06 bits per heavy atom. The van der Waals surface area contributed by atoms with Gasteiger partial charge in [-0.15, -0.1) is 0 Å². The molecule has 2 nitrogen and oxygen atoms in total. The zero-order valence-electron chi connectivity index (χ0n) is 11.1. The minimum Gasteiger partial charge on any atom is -0.300 e. The average Bonchev–Trinajstić information content (AvgIpc) is 2.16. The van der Waals surface area contributed by atoms with Gasteiger partial charge >= 0.3 is 0 Å². The number of carbonyl (C=O) groups excluding carboxylic acids is 2. The molecule has 0 aromatic rings. The number of carbonyl (C=O) groups is 2. The first-order valence-corrected chi connectivity index (χ1v) is 6.53. The van der Waals surface area contributed by atoms with E-state index in [1.165, 1.54) is 12.8 Å². The minimum absolute atomic E-state index is 0.185. The monoisotopic (exact) mass is 226 g/mol. The Balaban J connectivity index is 3.27. The van der Waals surface area contributed by atoms with Gasteiger partial charge in [-0.25, -0.2) is 0 Å². The normalized spacial score (nSPS) is 10.8. The van der Waals surface area contributed by atoms with Crippen LogP contribution in [0.4, 0.5) is 0 Å². The summed E-state index contributed by atoms with van der Waals surface area (Å²) in [6, 6.07) is 0. The van der Waals surface area contributed by atoms with Crippen molar-refractivity contribution in [2.75, 3.05) is 0 Å². The van der Waals surface area contributed by atoms with E-state index in [1.54, 1.807) is 6.92 Å². The van der Waals surface area contributed by atoms with Gasteiger partial charge in [0.2, 0.25) is 0 Å². The molecule has 2 heteroatoms. The lowest BCUT2D eigenvalue weighted by Gasteiger charge is -2.03. The molecular weight excluding hydrogens is 200 g/mol. The number of hydrogen-bond acceptors (Lipinski definition) is 2. The van der Waals surface area contributed by atoms with Gasteiger partial charge in [0.05, 0.1) is 0 Å². The van der Waals surface area contributed by atoms with Gasteiger partial charge in [-0.2, -0.15) is 0 Å². The Kier molecular flexibility index (Phi) is 9.16. The highest BCUT2D eigenvalue weighted by Gasteiger charge is 2.03. The van der Waals surface area contributed by atoms with Gasteiger partial charge < -0.3 is 4.79 Å². The number of unbranched alkanes of at least 4 members (excludes halogenated alkanes) is 2. The van der Waals surface area contributed by atoms with Crippen LogP contribution >= 0.6 is 0 Å². The predicted octanol–water partition coefficient (Wildman–Crippen LogP) is 3.92. The smallest absolute Gasteiger partial charge is 0.132 e. The molecule has 0 aliphatic carbocycles. The lowest BCUT2D eigenvalue weighted by atomic mass is 10.0. The molecule has 0 saturated carbocycles. The van der Waals surface area contributed by atoms with Crippen LogP contribution in [-0.2, 0) is 9.59 Å². The molecular formula is C14H26O2. The molecule has 0 N–H and O–H groups in total. The van der Waals surface area contributed by atoms with Crippen LogP contribution in [0.15, 0.2) is 0 Å². The fraction of sp³-hybridized carbons (Fsp3) is 0.857. The van der Waals surface area contributed by atoms with Crippen LogP contribution in [0.5, 0.6) is 0 Å². The van der Waals surface area contributed by atoms with Crippen LogP contribution in [0.25, 0.3) is 0 Å². The molecule has 0 aliphatic rings. The highest BCUT2D eigenvalue weighted by molar-refractivity contribution is 5.80. The quantitative estimate of drug-likeness (QED) is 0.529. The molecule has 0 amide bonds. The van der Waals surface area contributed by atoms with Gasteiger partial charge in [0.1, 0.15) is 11.6 Å². The van der Waals surface area contributed by atoms with E-state index in [2.05, 4.69) is 13.8 Å². The first kappa shape index (κ1) is 15.3. The van der Waals surface area contributed by atoms with Crippen molar-refractivity contribution >= 4 is 11.6 Å². The highest BCUT2D eigenvalue weighted by atomic mass is 16.1. The molecule has 0 atom stereocenters. The van der Waals surface area contributed by atoms with E-state index in [0.717, 1.165) is 25.2 Å². The second-order valence-corrected chi connectivity index (χ2v) is 5.09. The summed E-state index contributed by atoms with van der Waals surface area (Å²) in [6.07, 6.45) is 7.26. The van der Waals surface area contributed by atoms with Crippen molar-refractivity contribution in [3.63, 3.8) is 0 Å². The van der Waals surface area contributed by atoms with Crippen LogP contribution in [0.1, 0.15) is 72.1 Å². The van der Waals surface area contributed by atoms with E-state index in [0.29, 0.717) is 25.0 Å². The van der Waals surface area contributed by atoms with Crippen LogP contribution in [0, 0.1) is 5.92 Å². The van der Waals surface area contributed by atoms with Crippen molar-refractivity contribution in [2.45, 2.75) is 72.1 Å². The zero-order chi connectivity index (χ0) is 12.4. The van der Waals surface area contributed by atoms with E-state index in [1.807, 2.05) is 0 Å². The molecule has 0 aromatic heterocycles. The summed E-state index contributed by atoms with van der Waals surface area (Å²) in [7, 11) is 0. The SMILES string of the molecule is CC(=O)CCCC(=O)CCCCCC(C)C. The predicted molar refractivity (Wildman–Crippen MR) is 67.5 cm³/mol. The van der Waals surface area contributed by atoms with Gasteiger partial charge in [-0.05, 0) is 25.7 Å². The van der Waals surface area contributed by atoms with Crippen molar-refractivity contribution in [3.05, 3.63) is 0 Å². The summed E-state index contributed by atoms with van der Waals surface area (Å²) in [5, 5.41) is 0. The Labute approximate surface area is 99.8 Å². The second kappa shape index (κ2) is 9.56. The molecule has 0 fully saturated rings. The summed E-state index contributed by atoms with van der Waals surface area (Å²) >= 11 is 0. The maximum absolute atomic E-state index is 11.4. The van der Waals surface area contributed by atoms with Crippen molar-refractivity contribution in [2.24, 2.45) is 5.92 Å². The molecule has 0 unspecified atom stereocenters. The van der Waals surface area contributed by atoms with Crippen molar-refractivity contribution in [3.8, 4) is 0 Å². The van der Waals surface area contributed by atoms with Crippen LogP contribution in [-0.4, -0.2) is 11.6 Å². The molecule has 0 spiro atoms. The lowest BCUT2D eigenvalue weighted by Crippen LogP contribution is -1.99. The third kappa shape index (κ3) is 11.4. The Hall–Kier alpha value is -0.660. The van der Waals surface area contributed by atoms with Gasteiger partial charge in [-0.3, -0.25) is 4.79 Å². The molecule has 0 aliphatic heterocycles. The number of hydrogen-bond donors (Lipinski definition) is 0. The fourth-order valence-corrected chi connectivity index (χ4v) is 1.71. The minimum atomic E-state index is 0.185. The van der Waals surface area contributed by atoms with Crippen LogP contribution in [0.3, 0.4) is 0 Å². The molecule has 0 radical (unpaired) electrons. The average molecular weight is 226 g/mol. The fourth-order valence-electron chi connectivity index (χ4n) is 1.71. The number of ketones is 2. The maximum Gasteiger partial charge on any atom is 0.132 e. The first-order chi connectivity index (χ1) is 7.52. The number of Topliss-reactive ketones (excluding diaryl/α,β-unsaturated/α-hetero) is 2. The topological polar surface area (TPSA) is 34.1 Å². The van der Waals surface area contributed by atoms with Gasteiger partial charge in [-0.1, -0.05) is 33.1 Å². The van der Waals surface area contributed by atoms with Gasteiger partial charge in [0.25, 0.3) is 0 Å². The van der Waals surface area contributed by atoms with Crippen molar-refractivity contribution in [1.29, 1.82) is 0 Å². The summed E-state index contributed by atoms with van der Waals surface area (Å²) in [5.74, 6) is 1.28. The Morgan fingerprint density at radius 1 is 0.875 bits per heavy atom. The molecule has 94 valence electrons. The van der Waals surface area contributed by atoms with Crippen LogP contribution in [0.2, 0.25) is 0 Å². The molecule has 0 saturated heterocycles. The maximum atomic E-state index is 11.4. The van der Waals surface area contributed by atoms with E-state index in [-0.39, 0.29) is 5.78 Å². The number of rotatable bonds is 10. The van der Waals surface area contributed by atoms with Gasteiger partial charge in [0, 0.05) is 19.3 Å². The van der Waals surface area contributed by atoms with E-state index in [9.17, 15) is 9.59 Å². The summed E-state index contributed by atoms with van der Waals surface area (Å²) < 4.78 is 0. The molecule has 0 heterocycles. The summed E-state index contributed by atoms with van der Waals surface area (Å²) in [5.41, 5.74) is 0. The molecule has 0 rings (SSSR count). The zero-order valence-corrected chi connectivity index (χ0v) is 11.1. The lowest BCUT2D eigenvalue weighted by molar-refractivity contribution is -0.119.